The molecule has 3 atom stereocenters. The van der Waals surface area contributed by atoms with Crippen LogP contribution in [0.15, 0.2) is 57.2 Å². The normalized spacial score (nSPS) is 23.7. The number of likely N-dealkylation sites (N-methyl/N-ethyl adjacent to an activating group) is 1. The van der Waals surface area contributed by atoms with Gasteiger partial charge in [0.25, 0.3) is 0 Å². The van der Waals surface area contributed by atoms with Gasteiger partial charge in [0, 0.05) is 34.0 Å². The smallest absolute Gasteiger partial charge is 0.128 e. The summed E-state index contributed by atoms with van der Waals surface area (Å²) in [6.07, 6.45) is 5.11. The molecule has 0 aromatic heterocycles. The molecule has 4 nitrogen and oxygen atoms in total. The van der Waals surface area contributed by atoms with E-state index in [0.717, 1.165) is 12.4 Å². The van der Waals surface area contributed by atoms with Gasteiger partial charge in [0.2, 0.25) is 0 Å². The van der Waals surface area contributed by atoms with E-state index >= 15 is 0 Å². The molecule has 2 heterocycles. The van der Waals surface area contributed by atoms with Crippen molar-refractivity contribution in [3.8, 4) is 0 Å². The van der Waals surface area contributed by atoms with Gasteiger partial charge in [0.15, 0.2) is 0 Å². The average Bonchev–Trinajstić information content (AvgIpc) is 3.15. The fourth-order valence-corrected chi connectivity index (χ4v) is 6.04. The summed E-state index contributed by atoms with van der Waals surface area (Å²) in [5.74, 6) is 1.09. The van der Waals surface area contributed by atoms with Crippen LogP contribution in [0.4, 0.5) is 11.4 Å². The van der Waals surface area contributed by atoms with Crippen LogP contribution in [0, 0.1) is 0 Å². The standard InChI is InChI=1S/C24H30N4S/c1-16(15-27(2)3)28-20-10-6-7-11-22(20)29-23-13-12-17(14-21(23)28)24-25-18-8-4-5-9-19(18)26-24/h6-7,10-14,16,18-19H,4-5,8-9,15H2,1-3H3,(H,25,26). The molecule has 2 aliphatic heterocycles. The number of nitrogens with zero attached hydrogens (tertiary/aromatic N) is 3. The van der Waals surface area contributed by atoms with Crippen LogP contribution in [-0.4, -0.2) is 49.5 Å². The lowest BCUT2D eigenvalue weighted by Gasteiger charge is -2.38. The molecule has 0 bridgehead atoms. The summed E-state index contributed by atoms with van der Waals surface area (Å²) in [6, 6.07) is 17.0. The number of hydrogen-bond donors (Lipinski definition) is 1. The van der Waals surface area contributed by atoms with Gasteiger partial charge >= 0.3 is 0 Å². The molecule has 152 valence electrons. The van der Waals surface area contributed by atoms with Crippen molar-refractivity contribution in [1.82, 2.24) is 10.2 Å². The summed E-state index contributed by atoms with van der Waals surface area (Å²) >= 11 is 1.88. The molecule has 0 radical (unpaired) electrons. The number of aliphatic imine (C=N–C) groups is 1. The first kappa shape index (κ1) is 19.0. The number of fused-ring (bicyclic) bond motifs is 3. The monoisotopic (exact) mass is 406 g/mol. The lowest BCUT2D eigenvalue weighted by Crippen LogP contribution is -2.39. The maximum atomic E-state index is 5.06. The van der Waals surface area contributed by atoms with Gasteiger partial charge in [-0.1, -0.05) is 42.8 Å². The molecule has 2 aromatic carbocycles. The van der Waals surface area contributed by atoms with Crippen molar-refractivity contribution in [2.45, 2.75) is 60.5 Å². The third-order valence-corrected chi connectivity index (χ3v) is 7.38. The SMILES string of the molecule is CC(CN(C)C)N1c2ccccc2Sc2ccc(C3=NC4CCCCC4N3)cc21. The van der Waals surface area contributed by atoms with Gasteiger partial charge in [-0.3, -0.25) is 4.99 Å². The van der Waals surface area contributed by atoms with Gasteiger partial charge in [-0.05, 0) is 58.1 Å². The molecule has 5 rings (SSSR count). The van der Waals surface area contributed by atoms with E-state index in [4.69, 9.17) is 4.99 Å². The Bertz CT molecular complexity index is 938. The highest BCUT2D eigenvalue weighted by Gasteiger charge is 2.32. The number of amidine groups is 1. The minimum Gasteiger partial charge on any atom is -0.365 e. The molecule has 1 saturated carbocycles. The predicted molar refractivity (Wildman–Crippen MR) is 123 cm³/mol. The Morgan fingerprint density at radius 2 is 1.90 bits per heavy atom. The first-order valence-electron chi connectivity index (χ1n) is 10.8. The summed E-state index contributed by atoms with van der Waals surface area (Å²) in [5, 5.41) is 3.73. The van der Waals surface area contributed by atoms with Crippen LogP contribution in [0.25, 0.3) is 0 Å². The number of benzene rings is 2. The molecule has 3 aliphatic rings. The minimum atomic E-state index is 0.377. The summed E-state index contributed by atoms with van der Waals surface area (Å²) in [5.41, 5.74) is 3.84. The van der Waals surface area contributed by atoms with Gasteiger partial charge in [-0.15, -0.1) is 0 Å². The van der Waals surface area contributed by atoms with E-state index < -0.39 is 0 Å². The van der Waals surface area contributed by atoms with E-state index in [1.165, 1.54) is 52.4 Å². The number of hydrogen-bond acceptors (Lipinski definition) is 5. The average molecular weight is 407 g/mol. The summed E-state index contributed by atoms with van der Waals surface area (Å²) in [6.45, 7) is 3.33. The second kappa shape index (κ2) is 7.69. The Kier molecular flexibility index (Phi) is 5.04. The van der Waals surface area contributed by atoms with E-state index in [2.05, 4.69) is 78.6 Å². The number of rotatable bonds is 4. The highest BCUT2D eigenvalue weighted by atomic mass is 32.2. The molecule has 0 amide bonds. The Balaban J connectivity index is 1.53. The highest BCUT2D eigenvalue weighted by molar-refractivity contribution is 7.99. The molecule has 5 heteroatoms. The van der Waals surface area contributed by atoms with Crippen molar-refractivity contribution in [2.75, 3.05) is 25.5 Å². The van der Waals surface area contributed by atoms with Crippen molar-refractivity contribution in [2.24, 2.45) is 4.99 Å². The van der Waals surface area contributed by atoms with E-state index in [0.29, 0.717) is 18.1 Å². The Labute approximate surface area is 178 Å². The first-order valence-corrected chi connectivity index (χ1v) is 11.6. The Hall–Kier alpha value is -1.98. The van der Waals surface area contributed by atoms with Gasteiger partial charge < -0.3 is 15.1 Å². The molecule has 29 heavy (non-hydrogen) atoms. The predicted octanol–water partition coefficient (Wildman–Crippen LogP) is 4.90. The van der Waals surface area contributed by atoms with Crippen LogP contribution in [-0.2, 0) is 0 Å². The first-order chi connectivity index (χ1) is 14.1. The third-order valence-electron chi connectivity index (χ3n) is 6.25. The zero-order valence-electron chi connectivity index (χ0n) is 17.6. The summed E-state index contributed by atoms with van der Waals surface area (Å²) in [4.78, 5) is 12.5. The highest BCUT2D eigenvalue weighted by Crippen LogP contribution is 2.49. The minimum absolute atomic E-state index is 0.377. The van der Waals surface area contributed by atoms with Gasteiger partial charge in [-0.2, -0.15) is 0 Å². The van der Waals surface area contributed by atoms with Crippen LogP contribution in [0.2, 0.25) is 0 Å². The molecule has 0 spiro atoms. The molecule has 1 fully saturated rings. The zero-order valence-corrected chi connectivity index (χ0v) is 18.4. The third kappa shape index (κ3) is 3.55. The van der Waals surface area contributed by atoms with E-state index in [1.54, 1.807) is 0 Å². The van der Waals surface area contributed by atoms with Gasteiger partial charge in [0.1, 0.15) is 5.84 Å². The van der Waals surface area contributed by atoms with E-state index in [1.807, 2.05) is 11.8 Å². The van der Waals surface area contributed by atoms with Crippen molar-refractivity contribution in [3.05, 3.63) is 48.0 Å². The van der Waals surface area contributed by atoms with E-state index in [-0.39, 0.29) is 0 Å². The van der Waals surface area contributed by atoms with Gasteiger partial charge in [0.05, 0.1) is 17.4 Å². The molecule has 3 unspecified atom stereocenters. The molecule has 2 aromatic rings. The quantitative estimate of drug-likeness (QED) is 0.782. The number of nitrogens with one attached hydrogen (secondary N) is 1. The lowest BCUT2D eigenvalue weighted by atomic mass is 9.92. The Morgan fingerprint density at radius 1 is 1.10 bits per heavy atom. The fourth-order valence-electron chi connectivity index (χ4n) is 4.99. The maximum Gasteiger partial charge on any atom is 0.128 e. The summed E-state index contributed by atoms with van der Waals surface area (Å²) in [7, 11) is 4.30. The summed E-state index contributed by atoms with van der Waals surface area (Å²) < 4.78 is 0. The van der Waals surface area contributed by atoms with Crippen molar-refractivity contribution in [1.29, 1.82) is 0 Å². The number of para-hydroxylation sites is 1. The number of anilines is 2. The molecule has 0 saturated heterocycles. The van der Waals surface area contributed by atoms with Crippen LogP contribution >= 0.6 is 11.8 Å². The van der Waals surface area contributed by atoms with Crippen molar-refractivity contribution >= 4 is 29.0 Å². The van der Waals surface area contributed by atoms with Crippen molar-refractivity contribution < 1.29 is 0 Å². The second-order valence-electron chi connectivity index (χ2n) is 8.81. The molecule has 1 aliphatic carbocycles. The van der Waals surface area contributed by atoms with Crippen LogP contribution in [0.1, 0.15) is 38.2 Å². The fraction of sp³-hybridized carbons (Fsp3) is 0.458. The molecule has 1 N–H and O–H groups in total. The van der Waals surface area contributed by atoms with Crippen LogP contribution in [0.5, 0.6) is 0 Å². The van der Waals surface area contributed by atoms with E-state index in [9.17, 15) is 0 Å². The van der Waals surface area contributed by atoms with Crippen molar-refractivity contribution in [3.63, 3.8) is 0 Å². The van der Waals surface area contributed by atoms with Gasteiger partial charge in [-0.25, -0.2) is 0 Å². The molecular weight excluding hydrogens is 376 g/mol. The van der Waals surface area contributed by atoms with Crippen LogP contribution in [0.3, 0.4) is 0 Å². The topological polar surface area (TPSA) is 30.9 Å². The van der Waals surface area contributed by atoms with Crippen LogP contribution < -0.4 is 10.2 Å². The second-order valence-corrected chi connectivity index (χ2v) is 9.90. The largest absolute Gasteiger partial charge is 0.365 e. The molecular formula is C24H30N4S. The zero-order chi connectivity index (χ0) is 20.0. The lowest BCUT2D eigenvalue weighted by molar-refractivity contribution is 0.380. The maximum absolute atomic E-state index is 5.06. The Morgan fingerprint density at radius 3 is 2.72 bits per heavy atom.